The van der Waals surface area contributed by atoms with Gasteiger partial charge in [-0.2, -0.15) is 0 Å². The highest BCUT2D eigenvalue weighted by Crippen LogP contribution is 2.19. The van der Waals surface area contributed by atoms with Gasteiger partial charge in [0.15, 0.2) is 0 Å². The molecule has 0 aromatic heterocycles. The molecule has 4 nitrogen and oxygen atoms in total. The summed E-state index contributed by atoms with van der Waals surface area (Å²) >= 11 is 0. The van der Waals surface area contributed by atoms with E-state index < -0.39 is 0 Å². The third-order valence-electron chi connectivity index (χ3n) is 4.21. The number of rotatable bonds is 6. The van der Waals surface area contributed by atoms with Crippen LogP contribution >= 0.6 is 0 Å². The maximum absolute atomic E-state index is 11.9. The highest BCUT2D eigenvalue weighted by Gasteiger charge is 2.20. The van der Waals surface area contributed by atoms with E-state index in [2.05, 4.69) is 31.3 Å². The van der Waals surface area contributed by atoms with Gasteiger partial charge in [0.1, 0.15) is 5.75 Å². The predicted molar refractivity (Wildman–Crippen MR) is 87.0 cm³/mol. The molecule has 0 unspecified atom stereocenters. The zero-order chi connectivity index (χ0) is 15.9. The molecule has 0 heterocycles. The van der Waals surface area contributed by atoms with E-state index in [0.29, 0.717) is 18.9 Å². The van der Waals surface area contributed by atoms with Gasteiger partial charge in [0.25, 0.3) is 0 Å². The quantitative estimate of drug-likeness (QED) is 0.849. The van der Waals surface area contributed by atoms with Gasteiger partial charge >= 0.3 is 0 Å². The molecule has 1 aromatic rings. The number of aliphatic hydroxyl groups is 1. The molecule has 22 heavy (non-hydrogen) atoms. The number of carbonyl (C=O) groups excluding carboxylic acids is 1. The summed E-state index contributed by atoms with van der Waals surface area (Å²) in [7, 11) is 0. The third kappa shape index (κ3) is 5.34. The van der Waals surface area contributed by atoms with E-state index in [1.54, 1.807) is 0 Å². The maximum Gasteiger partial charge on any atom is 0.223 e. The molecule has 1 aliphatic carbocycles. The van der Waals surface area contributed by atoms with Crippen LogP contribution in [0.3, 0.4) is 0 Å². The first-order chi connectivity index (χ1) is 10.5. The van der Waals surface area contributed by atoms with Gasteiger partial charge in [0, 0.05) is 6.04 Å². The summed E-state index contributed by atoms with van der Waals surface area (Å²) in [6.07, 6.45) is 3.47. The first-order valence-electron chi connectivity index (χ1n) is 8.25. The normalized spacial score (nSPS) is 21.6. The van der Waals surface area contributed by atoms with E-state index in [1.807, 2.05) is 12.1 Å². The summed E-state index contributed by atoms with van der Waals surface area (Å²) in [4.78, 5) is 11.9. The van der Waals surface area contributed by atoms with Gasteiger partial charge < -0.3 is 15.2 Å². The fraction of sp³-hybridized carbons (Fsp3) is 0.611. The minimum Gasteiger partial charge on any atom is -0.493 e. The first kappa shape index (κ1) is 16.8. The molecule has 0 atom stereocenters. The molecular weight excluding hydrogens is 278 g/mol. The molecule has 0 spiro atoms. The summed E-state index contributed by atoms with van der Waals surface area (Å²) in [5, 5.41) is 12.5. The van der Waals surface area contributed by atoms with Gasteiger partial charge in [-0.1, -0.05) is 26.0 Å². The Balaban J connectivity index is 1.66. The molecule has 0 bridgehead atoms. The Labute approximate surface area is 132 Å². The summed E-state index contributed by atoms with van der Waals surface area (Å²) in [5.41, 5.74) is 1.28. The van der Waals surface area contributed by atoms with E-state index in [0.717, 1.165) is 31.4 Å². The predicted octanol–water partition coefficient (Wildman–Crippen LogP) is 3.00. The minimum absolute atomic E-state index is 0.0280. The minimum atomic E-state index is -0.190. The Hall–Kier alpha value is -1.55. The summed E-state index contributed by atoms with van der Waals surface area (Å²) in [5.74, 6) is 1.34. The lowest BCUT2D eigenvalue weighted by Gasteiger charge is -2.26. The highest BCUT2D eigenvalue weighted by molar-refractivity contribution is 5.76. The van der Waals surface area contributed by atoms with E-state index in [9.17, 15) is 9.90 Å². The van der Waals surface area contributed by atoms with Gasteiger partial charge in [-0.15, -0.1) is 0 Å². The zero-order valence-corrected chi connectivity index (χ0v) is 13.5. The van der Waals surface area contributed by atoms with Crippen LogP contribution in [0.15, 0.2) is 24.3 Å². The van der Waals surface area contributed by atoms with Gasteiger partial charge in [0.2, 0.25) is 5.91 Å². The van der Waals surface area contributed by atoms with Crippen LogP contribution < -0.4 is 10.1 Å². The molecular formula is C18H27NO3. The number of hydrogen-bond acceptors (Lipinski definition) is 3. The van der Waals surface area contributed by atoms with E-state index in [1.165, 1.54) is 5.56 Å². The molecule has 1 aromatic carbocycles. The van der Waals surface area contributed by atoms with Crippen molar-refractivity contribution in [2.24, 2.45) is 0 Å². The van der Waals surface area contributed by atoms with Crippen LogP contribution in [0.1, 0.15) is 57.4 Å². The van der Waals surface area contributed by atoms with Crippen molar-refractivity contribution >= 4 is 5.91 Å². The molecule has 0 radical (unpaired) electrons. The second-order valence-corrected chi connectivity index (χ2v) is 6.40. The summed E-state index contributed by atoms with van der Waals surface area (Å²) in [6, 6.07) is 8.24. The number of hydrogen-bond donors (Lipinski definition) is 2. The van der Waals surface area contributed by atoms with Crippen molar-refractivity contribution in [3.63, 3.8) is 0 Å². The van der Waals surface area contributed by atoms with Crippen LogP contribution in [0.4, 0.5) is 0 Å². The second kappa shape index (κ2) is 8.18. The average Bonchev–Trinajstić information content (AvgIpc) is 2.50. The van der Waals surface area contributed by atoms with Crippen LogP contribution in [0.2, 0.25) is 0 Å². The third-order valence-corrected chi connectivity index (χ3v) is 4.21. The molecule has 1 fully saturated rings. The average molecular weight is 305 g/mol. The van der Waals surface area contributed by atoms with Crippen molar-refractivity contribution in [1.29, 1.82) is 0 Å². The Morgan fingerprint density at radius 1 is 1.23 bits per heavy atom. The Morgan fingerprint density at radius 2 is 1.86 bits per heavy atom. The smallest absolute Gasteiger partial charge is 0.223 e. The van der Waals surface area contributed by atoms with Crippen molar-refractivity contribution in [2.75, 3.05) is 6.61 Å². The lowest BCUT2D eigenvalue weighted by Crippen LogP contribution is -2.39. The fourth-order valence-electron chi connectivity index (χ4n) is 2.73. The van der Waals surface area contributed by atoms with Gasteiger partial charge in [-0.25, -0.2) is 0 Å². The SMILES string of the molecule is CC(C)c1ccc(OCCC(=O)NC2CCC(O)CC2)cc1. The highest BCUT2D eigenvalue weighted by atomic mass is 16.5. The van der Waals surface area contributed by atoms with Gasteiger partial charge in [0.05, 0.1) is 19.1 Å². The molecule has 122 valence electrons. The van der Waals surface area contributed by atoms with Crippen LogP contribution in [0, 0.1) is 0 Å². The van der Waals surface area contributed by atoms with Crippen LogP contribution in [-0.4, -0.2) is 29.8 Å². The fourth-order valence-corrected chi connectivity index (χ4v) is 2.73. The lowest BCUT2D eigenvalue weighted by atomic mass is 9.93. The van der Waals surface area contributed by atoms with Crippen molar-refractivity contribution in [3.05, 3.63) is 29.8 Å². The van der Waals surface area contributed by atoms with Crippen molar-refractivity contribution in [2.45, 2.75) is 64.0 Å². The monoisotopic (exact) mass is 305 g/mol. The Morgan fingerprint density at radius 3 is 2.45 bits per heavy atom. The molecule has 1 aliphatic rings. The van der Waals surface area contributed by atoms with Crippen LogP contribution in [0.25, 0.3) is 0 Å². The molecule has 0 aliphatic heterocycles. The number of carbonyl (C=O) groups is 1. The second-order valence-electron chi connectivity index (χ2n) is 6.40. The van der Waals surface area contributed by atoms with Gasteiger partial charge in [-0.3, -0.25) is 4.79 Å². The number of benzene rings is 1. The van der Waals surface area contributed by atoms with Crippen molar-refractivity contribution in [3.8, 4) is 5.75 Å². The van der Waals surface area contributed by atoms with Crippen molar-refractivity contribution < 1.29 is 14.6 Å². The van der Waals surface area contributed by atoms with E-state index in [4.69, 9.17) is 4.74 Å². The van der Waals surface area contributed by atoms with Gasteiger partial charge in [-0.05, 0) is 49.3 Å². The molecule has 0 saturated heterocycles. The maximum atomic E-state index is 11.9. The molecule has 4 heteroatoms. The summed E-state index contributed by atoms with van der Waals surface area (Å²) < 4.78 is 5.62. The Bertz CT molecular complexity index is 462. The molecule has 2 N–H and O–H groups in total. The largest absolute Gasteiger partial charge is 0.493 e. The van der Waals surface area contributed by atoms with E-state index in [-0.39, 0.29) is 18.1 Å². The topological polar surface area (TPSA) is 58.6 Å². The number of aliphatic hydroxyl groups excluding tert-OH is 1. The number of ether oxygens (including phenoxy) is 1. The number of nitrogens with one attached hydrogen (secondary N) is 1. The van der Waals surface area contributed by atoms with Crippen LogP contribution in [0.5, 0.6) is 5.75 Å². The van der Waals surface area contributed by atoms with E-state index >= 15 is 0 Å². The standard InChI is InChI=1S/C18H27NO3/c1-13(2)14-3-9-17(10-4-14)22-12-11-18(21)19-15-5-7-16(20)8-6-15/h3-4,9-10,13,15-16,20H,5-8,11-12H2,1-2H3,(H,19,21). The lowest BCUT2D eigenvalue weighted by molar-refractivity contribution is -0.122. The molecule has 1 amide bonds. The van der Waals surface area contributed by atoms with Crippen molar-refractivity contribution in [1.82, 2.24) is 5.32 Å². The number of amides is 1. The van der Waals surface area contributed by atoms with Crippen LogP contribution in [-0.2, 0) is 4.79 Å². The molecule has 1 saturated carbocycles. The summed E-state index contributed by atoms with van der Waals surface area (Å²) in [6.45, 7) is 4.71. The Kier molecular flexibility index (Phi) is 6.25. The molecule has 2 rings (SSSR count). The first-order valence-corrected chi connectivity index (χ1v) is 8.25. The zero-order valence-electron chi connectivity index (χ0n) is 13.5.